The molecule has 0 radical (unpaired) electrons. The first-order valence-electron chi connectivity index (χ1n) is 8.85. The highest BCUT2D eigenvalue weighted by molar-refractivity contribution is 6.01. The molecule has 4 rings (SSSR count). The Hall–Kier alpha value is -3.22. The second kappa shape index (κ2) is 6.50. The maximum Gasteiger partial charge on any atom is 0.340 e. The van der Waals surface area contributed by atoms with Crippen molar-refractivity contribution in [3.8, 4) is 0 Å². The smallest absolute Gasteiger partial charge is 0.340 e. The Morgan fingerprint density at radius 2 is 2.04 bits per heavy atom. The summed E-state index contributed by atoms with van der Waals surface area (Å²) in [7, 11) is 1.80. The van der Waals surface area contributed by atoms with Crippen LogP contribution in [0.25, 0.3) is 11.0 Å². The molecule has 3 heterocycles. The maximum absolute atomic E-state index is 12.8. The number of carbonyl (C=O) groups is 2. The predicted octanol–water partition coefficient (Wildman–Crippen LogP) is 2.41. The van der Waals surface area contributed by atoms with E-state index in [0.29, 0.717) is 17.8 Å². The molecule has 1 aromatic carbocycles. The van der Waals surface area contributed by atoms with Gasteiger partial charge in [-0.1, -0.05) is 18.2 Å². The van der Waals surface area contributed by atoms with E-state index < -0.39 is 12.1 Å². The number of carbonyl (C=O) groups excluding carboxylic acids is 2. The summed E-state index contributed by atoms with van der Waals surface area (Å²) in [5, 5.41) is 5.09. The zero-order chi connectivity index (χ0) is 19.1. The standard InChI is InChI=1S/C20H20N4O3/c1-12-16-10-15(11-21-18(16)23(3)22-12)20(26)27-13(2)19(25)24-9-8-14-6-4-5-7-17(14)24/h4-7,10-11,13H,8-9H2,1-3H3. The first kappa shape index (κ1) is 17.2. The van der Waals surface area contributed by atoms with Crippen LogP contribution < -0.4 is 4.90 Å². The normalized spacial score (nSPS) is 14.3. The lowest BCUT2D eigenvalue weighted by Gasteiger charge is -2.21. The van der Waals surface area contributed by atoms with Gasteiger partial charge in [0.25, 0.3) is 5.91 Å². The van der Waals surface area contributed by atoms with Crippen LogP contribution >= 0.6 is 0 Å². The highest BCUT2D eigenvalue weighted by Gasteiger charge is 2.30. The molecule has 1 unspecified atom stereocenters. The molecule has 27 heavy (non-hydrogen) atoms. The summed E-state index contributed by atoms with van der Waals surface area (Å²) in [6, 6.07) is 9.49. The van der Waals surface area contributed by atoms with E-state index in [0.717, 1.165) is 28.8 Å². The van der Waals surface area contributed by atoms with Crippen LogP contribution in [0.5, 0.6) is 0 Å². The van der Waals surface area contributed by atoms with Crippen molar-refractivity contribution in [3.05, 3.63) is 53.3 Å². The van der Waals surface area contributed by atoms with Gasteiger partial charge >= 0.3 is 5.97 Å². The molecule has 0 saturated carbocycles. The second-order valence-electron chi connectivity index (χ2n) is 6.72. The van der Waals surface area contributed by atoms with Crippen molar-refractivity contribution < 1.29 is 14.3 Å². The number of anilines is 1. The molecule has 7 nitrogen and oxygen atoms in total. The van der Waals surface area contributed by atoms with Gasteiger partial charge in [-0.2, -0.15) is 5.10 Å². The second-order valence-corrected chi connectivity index (χ2v) is 6.72. The van der Waals surface area contributed by atoms with Crippen molar-refractivity contribution in [1.82, 2.24) is 14.8 Å². The number of amides is 1. The van der Waals surface area contributed by atoms with Crippen molar-refractivity contribution in [2.45, 2.75) is 26.4 Å². The molecule has 0 bridgehead atoms. The van der Waals surface area contributed by atoms with Gasteiger partial charge in [-0.15, -0.1) is 0 Å². The number of pyridine rings is 1. The van der Waals surface area contributed by atoms with Crippen molar-refractivity contribution in [3.63, 3.8) is 0 Å². The number of fused-ring (bicyclic) bond motifs is 2. The molecule has 0 saturated heterocycles. The monoisotopic (exact) mass is 364 g/mol. The Labute approximate surface area is 156 Å². The summed E-state index contributed by atoms with van der Waals surface area (Å²) in [5.41, 5.74) is 3.81. The zero-order valence-corrected chi connectivity index (χ0v) is 15.5. The Kier molecular flexibility index (Phi) is 4.14. The summed E-state index contributed by atoms with van der Waals surface area (Å²) in [6.45, 7) is 4.06. The topological polar surface area (TPSA) is 77.3 Å². The molecule has 2 aromatic heterocycles. The van der Waals surface area contributed by atoms with Crippen molar-refractivity contribution in [2.75, 3.05) is 11.4 Å². The molecule has 7 heteroatoms. The predicted molar refractivity (Wildman–Crippen MR) is 101 cm³/mol. The fourth-order valence-electron chi connectivity index (χ4n) is 3.49. The van der Waals surface area contributed by atoms with Crippen LogP contribution in [0.15, 0.2) is 36.5 Å². The number of para-hydroxylation sites is 1. The van der Waals surface area contributed by atoms with E-state index in [-0.39, 0.29) is 5.91 Å². The number of hydrogen-bond donors (Lipinski definition) is 0. The zero-order valence-electron chi connectivity index (χ0n) is 15.5. The average Bonchev–Trinajstić information content (AvgIpc) is 3.22. The third kappa shape index (κ3) is 2.95. The number of ether oxygens (including phenoxy) is 1. The number of nitrogens with zero attached hydrogens (tertiary/aromatic N) is 4. The van der Waals surface area contributed by atoms with Gasteiger partial charge in [-0.3, -0.25) is 9.48 Å². The molecule has 0 fully saturated rings. The van der Waals surface area contributed by atoms with E-state index in [1.54, 1.807) is 29.6 Å². The summed E-state index contributed by atoms with van der Waals surface area (Å²) in [6.07, 6.45) is 1.38. The largest absolute Gasteiger partial charge is 0.449 e. The van der Waals surface area contributed by atoms with Gasteiger partial charge in [0.1, 0.15) is 0 Å². The molecule has 0 N–H and O–H groups in total. The molecule has 3 aromatic rings. The minimum Gasteiger partial charge on any atom is -0.449 e. The lowest BCUT2D eigenvalue weighted by molar-refractivity contribution is -0.126. The molecule has 1 atom stereocenters. The minimum absolute atomic E-state index is 0.222. The maximum atomic E-state index is 12.8. The van der Waals surface area contributed by atoms with E-state index in [2.05, 4.69) is 10.1 Å². The fourth-order valence-corrected chi connectivity index (χ4v) is 3.49. The van der Waals surface area contributed by atoms with E-state index >= 15 is 0 Å². The summed E-state index contributed by atoms with van der Waals surface area (Å²) < 4.78 is 7.09. The van der Waals surface area contributed by atoms with Crippen LogP contribution in [-0.4, -0.2) is 39.3 Å². The highest BCUT2D eigenvalue weighted by atomic mass is 16.5. The lowest BCUT2D eigenvalue weighted by Crippen LogP contribution is -2.39. The summed E-state index contributed by atoms with van der Waals surface area (Å²) in [5.74, 6) is -0.791. The van der Waals surface area contributed by atoms with Gasteiger partial charge < -0.3 is 9.64 Å². The van der Waals surface area contributed by atoms with Crippen molar-refractivity contribution in [1.29, 1.82) is 0 Å². The molecule has 138 valence electrons. The quantitative estimate of drug-likeness (QED) is 0.667. The summed E-state index contributed by atoms with van der Waals surface area (Å²) in [4.78, 5) is 31.3. The number of benzene rings is 1. The molecule has 1 aliphatic heterocycles. The Balaban J connectivity index is 1.51. The van der Waals surface area contributed by atoms with Gasteiger partial charge in [0.2, 0.25) is 0 Å². The number of aryl methyl sites for hydroxylation is 2. The van der Waals surface area contributed by atoms with Crippen LogP contribution in [0, 0.1) is 6.92 Å². The van der Waals surface area contributed by atoms with Crippen LogP contribution in [0.3, 0.4) is 0 Å². The number of esters is 1. The number of rotatable bonds is 3. The number of aromatic nitrogens is 3. The number of hydrogen-bond acceptors (Lipinski definition) is 5. The van der Waals surface area contributed by atoms with Crippen LogP contribution in [-0.2, 0) is 23.0 Å². The third-order valence-corrected chi connectivity index (χ3v) is 4.88. The van der Waals surface area contributed by atoms with Gasteiger partial charge in [-0.25, -0.2) is 9.78 Å². The van der Waals surface area contributed by atoms with Crippen molar-refractivity contribution >= 4 is 28.6 Å². The SMILES string of the molecule is Cc1nn(C)c2ncc(C(=O)OC(C)C(=O)N3CCc4ccccc43)cc12. The minimum atomic E-state index is -0.880. The summed E-state index contributed by atoms with van der Waals surface area (Å²) >= 11 is 0. The van der Waals surface area contributed by atoms with E-state index in [1.807, 2.05) is 31.2 Å². The molecule has 0 spiro atoms. The van der Waals surface area contributed by atoms with Gasteiger partial charge in [0, 0.05) is 30.9 Å². The van der Waals surface area contributed by atoms with Gasteiger partial charge in [0.05, 0.1) is 11.3 Å². The fraction of sp³-hybridized carbons (Fsp3) is 0.300. The third-order valence-electron chi connectivity index (χ3n) is 4.88. The molecular weight excluding hydrogens is 344 g/mol. The van der Waals surface area contributed by atoms with Crippen LogP contribution in [0.1, 0.15) is 28.5 Å². The first-order chi connectivity index (χ1) is 13.0. The van der Waals surface area contributed by atoms with Gasteiger partial charge in [0.15, 0.2) is 11.8 Å². The van der Waals surface area contributed by atoms with E-state index in [9.17, 15) is 9.59 Å². The highest BCUT2D eigenvalue weighted by Crippen LogP contribution is 2.28. The Morgan fingerprint density at radius 1 is 1.26 bits per heavy atom. The van der Waals surface area contributed by atoms with E-state index in [4.69, 9.17) is 4.74 Å². The molecular formula is C20H20N4O3. The first-order valence-corrected chi connectivity index (χ1v) is 8.85. The van der Waals surface area contributed by atoms with Crippen molar-refractivity contribution in [2.24, 2.45) is 7.05 Å². The van der Waals surface area contributed by atoms with E-state index in [1.165, 1.54) is 6.20 Å². The molecule has 0 aliphatic carbocycles. The van der Waals surface area contributed by atoms with Gasteiger partial charge in [-0.05, 0) is 38.0 Å². The van der Waals surface area contributed by atoms with Crippen LogP contribution in [0.2, 0.25) is 0 Å². The van der Waals surface area contributed by atoms with Crippen LogP contribution in [0.4, 0.5) is 5.69 Å². The lowest BCUT2D eigenvalue weighted by atomic mass is 10.2. The average molecular weight is 364 g/mol. The molecule has 1 aliphatic rings. The molecule has 1 amide bonds. The Bertz CT molecular complexity index is 1060. The Morgan fingerprint density at radius 3 is 2.85 bits per heavy atom.